The van der Waals surface area contributed by atoms with E-state index in [0.29, 0.717) is 0 Å². The maximum absolute atomic E-state index is 11.6. The molecule has 8 nitrogen and oxygen atoms in total. The van der Waals surface area contributed by atoms with Crippen molar-refractivity contribution >= 4 is 29.2 Å². The minimum absolute atomic E-state index is 0.158. The molecule has 2 heterocycles. The topological polar surface area (TPSA) is 111 Å². The minimum atomic E-state index is -0.738. The predicted octanol–water partition coefficient (Wildman–Crippen LogP) is 1.88. The van der Waals surface area contributed by atoms with Gasteiger partial charge in [-0.15, -0.1) is 0 Å². The highest BCUT2D eigenvalue weighted by Crippen LogP contribution is 2.17. The quantitative estimate of drug-likeness (QED) is 0.517. The number of halogens is 1. The number of nitro groups is 1. The average Bonchev–Trinajstić information content (AvgIpc) is 2.78. The van der Waals surface area contributed by atoms with E-state index in [2.05, 4.69) is 15.3 Å². The number of nitrogens with one attached hydrogen (secondary N) is 1. The third-order valence-electron chi connectivity index (χ3n) is 1.87. The normalized spacial score (nSPS) is 10.1. The molecule has 0 saturated carbocycles. The van der Waals surface area contributed by atoms with E-state index >= 15 is 0 Å². The monoisotopic (exact) mass is 268 g/mol. The Kier molecular flexibility index (Phi) is 3.20. The van der Waals surface area contributed by atoms with Crippen molar-refractivity contribution in [1.29, 1.82) is 0 Å². The molecule has 0 spiro atoms. The van der Waals surface area contributed by atoms with Crippen LogP contribution in [0.5, 0.6) is 0 Å². The van der Waals surface area contributed by atoms with Crippen molar-refractivity contribution < 1.29 is 14.1 Å². The number of carbonyl (C=O) groups is 1. The van der Waals surface area contributed by atoms with Gasteiger partial charge < -0.3 is 9.73 Å². The van der Waals surface area contributed by atoms with Crippen LogP contribution in [-0.4, -0.2) is 20.8 Å². The number of furan rings is 1. The van der Waals surface area contributed by atoms with Crippen LogP contribution < -0.4 is 5.32 Å². The van der Waals surface area contributed by atoms with E-state index in [1.54, 1.807) is 0 Å². The predicted molar refractivity (Wildman–Crippen MR) is 60.4 cm³/mol. The zero-order valence-electron chi connectivity index (χ0n) is 8.66. The molecule has 0 aliphatic rings. The summed E-state index contributed by atoms with van der Waals surface area (Å²) in [5.41, 5.74) is 0. The number of nitrogens with zero attached hydrogens (tertiary/aromatic N) is 3. The second-order valence-corrected chi connectivity index (χ2v) is 3.46. The molecule has 2 aromatic rings. The smallest absolute Gasteiger partial charge is 0.395 e. The van der Waals surface area contributed by atoms with Crippen LogP contribution in [0.3, 0.4) is 0 Å². The molecule has 1 amide bonds. The van der Waals surface area contributed by atoms with Crippen LogP contribution in [0, 0.1) is 10.1 Å². The number of hydrogen-bond acceptors (Lipinski definition) is 6. The summed E-state index contributed by atoms with van der Waals surface area (Å²) < 4.78 is 4.72. The second kappa shape index (κ2) is 4.80. The summed E-state index contributed by atoms with van der Waals surface area (Å²) in [5, 5.41) is 12.9. The fourth-order valence-corrected chi connectivity index (χ4v) is 1.27. The lowest BCUT2D eigenvalue weighted by Crippen LogP contribution is -2.12. The summed E-state index contributed by atoms with van der Waals surface area (Å²) in [6, 6.07) is 3.61. The van der Waals surface area contributed by atoms with Gasteiger partial charge in [0.2, 0.25) is 0 Å². The molecule has 0 atom stereocenters. The summed E-state index contributed by atoms with van der Waals surface area (Å²) in [6.45, 7) is 0. The Morgan fingerprint density at radius 3 is 2.83 bits per heavy atom. The Bertz CT molecular complexity index is 612. The molecule has 0 saturated heterocycles. The Morgan fingerprint density at radius 1 is 1.44 bits per heavy atom. The average molecular weight is 269 g/mol. The van der Waals surface area contributed by atoms with E-state index in [4.69, 9.17) is 16.0 Å². The third-order valence-corrected chi connectivity index (χ3v) is 2.08. The first kappa shape index (κ1) is 12.0. The fourth-order valence-electron chi connectivity index (χ4n) is 1.13. The van der Waals surface area contributed by atoms with Gasteiger partial charge in [0.1, 0.15) is 22.2 Å². The molecule has 0 aromatic carbocycles. The zero-order chi connectivity index (χ0) is 13.1. The molecule has 0 aliphatic heterocycles. The van der Waals surface area contributed by atoms with Crippen molar-refractivity contribution in [3.8, 4) is 0 Å². The molecule has 0 bridgehead atoms. The van der Waals surface area contributed by atoms with Crippen molar-refractivity contribution in [2.45, 2.75) is 0 Å². The molecular formula is C9H5ClN4O4. The van der Waals surface area contributed by atoms with E-state index in [1.807, 2.05) is 0 Å². The summed E-state index contributed by atoms with van der Waals surface area (Å²) in [5.74, 6) is -1.21. The Balaban J connectivity index is 2.14. The van der Waals surface area contributed by atoms with Crippen LogP contribution in [0.1, 0.15) is 10.6 Å². The Hall–Kier alpha value is -2.48. The van der Waals surface area contributed by atoms with Gasteiger partial charge in [-0.25, -0.2) is 9.97 Å². The van der Waals surface area contributed by atoms with Crippen LogP contribution in [0.4, 0.5) is 11.7 Å². The van der Waals surface area contributed by atoms with E-state index < -0.39 is 16.7 Å². The highest BCUT2D eigenvalue weighted by molar-refractivity contribution is 6.29. The lowest BCUT2D eigenvalue weighted by Gasteiger charge is -2.00. The molecule has 18 heavy (non-hydrogen) atoms. The number of carbonyl (C=O) groups excluding carboxylic acids is 1. The fraction of sp³-hybridized carbons (Fsp3) is 0. The molecule has 0 aliphatic carbocycles. The molecular weight excluding hydrogens is 264 g/mol. The highest BCUT2D eigenvalue weighted by Gasteiger charge is 2.17. The van der Waals surface area contributed by atoms with Crippen molar-refractivity contribution in [1.82, 2.24) is 9.97 Å². The van der Waals surface area contributed by atoms with Crippen molar-refractivity contribution in [3.05, 3.63) is 45.6 Å². The molecule has 2 aromatic heterocycles. The van der Waals surface area contributed by atoms with Crippen LogP contribution in [0.2, 0.25) is 5.15 Å². The van der Waals surface area contributed by atoms with Gasteiger partial charge in [0.05, 0.1) is 6.07 Å². The third kappa shape index (κ3) is 2.61. The minimum Gasteiger partial charge on any atom is -0.395 e. The number of rotatable bonds is 3. The molecule has 0 fully saturated rings. The van der Waals surface area contributed by atoms with Crippen LogP contribution in [-0.2, 0) is 0 Å². The van der Waals surface area contributed by atoms with Gasteiger partial charge >= 0.3 is 5.88 Å². The standard InChI is InChI=1S/C9H5ClN4O4/c10-6-3-7(12-4-11-6)13-9(15)5-1-2-8(18-5)14(16)17/h1-4H,(H,11,12,13,15). The van der Waals surface area contributed by atoms with E-state index in [0.717, 1.165) is 6.07 Å². The lowest BCUT2D eigenvalue weighted by molar-refractivity contribution is -0.402. The van der Waals surface area contributed by atoms with Gasteiger partial charge in [0.15, 0.2) is 5.76 Å². The number of amides is 1. The first-order chi connectivity index (χ1) is 8.56. The van der Waals surface area contributed by atoms with Crippen LogP contribution >= 0.6 is 11.6 Å². The Morgan fingerprint density at radius 2 is 2.22 bits per heavy atom. The number of hydrogen-bond donors (Lipinski definition) is 1. The first-order valence-corrected chi connectivity index (χ1v) is 4.97. The summed E-state index contributed by atoms with van der Waals surface area (Å²) >= 11 is 5.60. The van der Waals surface area contributed by atoms with E-state index in [-0.39, 0.29) is 16.7 Å². The van der Waals surface area contributed by atoms with Gasteiger partial charge in [-0.3, -0.25) is 14.9 Å². The summed E-state index contributed by atoms with van der Waals surface area (Å²) in [4.78, 5) is 28.7. The maximum atomic E-state index is 11.6. The number of anilines is 1. The molecule has 0 radical (unpaired) electrons. The highest BCUT2D eigenvalue weighted by atomic mass is 35.5. The second-order valence-electron chi connectivity index (χ2n) is 3.08. The van der Waals surface area contributed by atoms with Gasteiger partial charge in [-0.05, 0) is 6.07 Å². The van der Waals surface area contributed by atoms with Crippen molar-refractivity contribution in [2.24, 2.45) is 0 Å². The van der Waals surface area contributed by atoms with Gasteiger partial charge in [-0.2, -0.15) is 0 Å². The zero-order valence-corrected chi connectivity index (χ0v) is 9.42. The van der Waals surface area contributed by atoms with Crippen LogP contribution in [0.25, 0.3) is 0 Å². The van der Waals surface area contributed by atoms with Crippen LogP contribution in [0.15, 0.2) is 28.9 Å². The first-order valence-electron chi connectivity index (χ1n) is 4.59. The maximum Gasteiger partial charge on any atom is 0.433 e. The largest absolute Gasteiger partial charge is 0.433 e. The van der Waals surface area contributed by atoms with E-state index in [1.165, 1.54) is 18.5 Å². The molecule has 9 heteroatoms. The molecule has 0 unspecified atom stereocenters. The van der Waals surface area contributed by atoms with Gasteiger partial charge in [0, 0.05) is 6.07 Å². The van der Waals surface area contributed by atoms with Gasteiger partial charge in [-0.1, -0.05) is 11.6 Å². The van der Waals surface area contributed by atoms with Gasteiger partial charge in [0.25, 0.3) is 5.91 Å². The van der Waals surface area contributed by atoms with Crippen molar-refractivity contribution in [3.63, 3.8) is 0 Å². The summed E-state index contributed by atoms with van der Waals surface area (Å²) in [6.07, 6.45) is 1.17. The summed E-state index contributed by atoms with van der Waals surface area (Å²) in [7, 11) is 0. The lowest BCUT2D eigenvalue weighted by atomic mass is 10.4. The van der Waals surface area contributed by atoms with Crippen molar-refractivity contribution in [2.75, 3.05) is 5.32 Å². The molecule has 2 rings (SSSR count). The Labute approximate surface area is 105 Å². The van der Waals surface area contributed by atoms with E-state index in [9.17, 15) is 14.9 Å². The SMILES string of the molecule is O=C(Nc1cc(Cl)ncn1)c1ccc([N+](=O)[O-])o1. The number of aromatic nitrogens is 2. The molecule has 92 valence electrons. The molecule has 1 N–H and O–H groups in total.